The number of hydrogen-bond donors (Lipinski definition) is 2. The first-order valence-corrected chi connectivity index (χ1v) is 9.53. The molecule has 2 aromatic rings. The zero-order chi connectivity index (χ0) is 19.2. The summed E-state index contributed by atoms with van der Waals surface area (Å²) in [6.45, 7) is 3.49. The molecule has 1 aliphatic heterocycles. The second-order valence-corrected chi connectivity index (χ2v) is 7.08. The van der Waals surface area contributed by atoms with Crippen molar-refractivity contribution < 1.29 is 9.59 Å². The van der Waals surface area contributed by atoms with Crippen molar-refractivity contribution in [1.29, 1.82) is 0 Å². The van der Waals surface area contributed by atoms with Gasteiger partial charge in [0.2, 0.25) is 0 Å². The molecule has 27 heavy (non-hydrogen) atoms. The smallest absolute Gasteiger partial charge is 0.257 e. The highest BCUT2D eigenvalue weighted by Crippen LogP contribution is 2.20. The molecule has 1 saturated heterocycles. The monoisotopic (exact) mass is 381 g/mol. The average Bonchev–Trinajstić information content (AvgIpc) is 2.68. The third kappa shape index (κ3) is 4.92. The molecule has 1 fully saturated rings. The number of thiocarbonyl (C=S) groups is 1. The van der Waals surface area contributed by atoms with E-state index >= 15 is 0 Å². The zero-order valence-electron chi connectivity index (χ0n) is 15.3. The third-order valence-corrected chi connectivity index (χ3v) is 4.76. The van der Waals surface area contributed by atoms with Gasteiger partial charge in [0, 0.05) is 18.7 Å². The number of amides is 2. The number of nitrogens with zero attached hydrogens (tertiary/aromatic N) is 1. The number of aryl methyl sites for hydroxylation is 1. The molecule has 1 aliphatic rings. The molecule has 1 heterocycles. The largest absolute Gasteiger partial charge is 0.339 e. The fraction of sp³-hybridized carbons (Fsp3) is 0.286. The fourth-order valence-electron chi connectivity index (χ4n) is 3.16. The summed E-state index contributed by atoms with van der Waals surface area (Å²) in [7, 11) is 0. The van der Waals surface area contributed by atoms with Crippen LogP contribution in [0.15, 0.2) is 48.5 Å². The van der Waals surface area contributed by atoms with Crippen molar-refractivity contribution in [2.45, 2.75) is 26.2 Å². The number of anilines is 1. The van der Waals surface area contributed by atoms with Crippen molar-refractivity contribution in [2.24, 2.45) is 0 Å². The van der Waals surface area contributed by atoms with Gasteiger partial charge in [0.1, 0.15) is 0 Å². The highest BCUT2D eigenvalue weighted by atomic mass is 32.1. The topological polar surface area (TPSA) is 61.4 Å². The molecule has 0 unspecified atom stereocenters. The molecule has 0 aliphatic carbocycles. The molecular weight excluding hydrogens is 358 g/mol. The maximum Gasteiger partial charge on any atom is 0.257 e. The molecule has 0 aromatic heterocycles. The number of benzene rings is 2. The Labute approximate surface area is 164 Å². The SMILES string of the molecule is Cc1cccc(C(=O)NC(=S)Nc2ccccc2C(=O)N2CCCCC2)c1. The van der Waals surface area contributed by atoms with E-state index in [0.717, 1.165) is 31.5 Å². The van der Waals surface area contributed by atoms with Crippen molar-refractivity contribution in [2.75, 3.05) is 18.4 Å². The van der Waals surface area contributed by atoms with E-state index in [1.165, 1.54) is 6.42 Å². The van der Waals surface area contributed by atoms with Crippen LogP contribution in [0, 0.1) is 6.92 Å². The number of carbonyl (C=O) groups excluding carboxylic acids is 2. The Morgan fingerprint density at radius 2 is 1.74 bits per heavy atom. The minimum atomic E-state index is -0.281. The van der Waals surface area contributed by atoms with Gasteiger partial charge in [-0.2, -0.15) is 0 Å². The highest BCUT2D eigenvalue weighted by Gasteiger charge is 2.21. The Kier molecular flexibility index (Phi) is 6.19. The molecule has 0 saturated carbocycles. The summed E-state index contributed by atoms with van der Waals surface area (Å²) in [4.78, 5) is 27.1. The second kappa shape index (κ2) is 8.77. The Balaban J connectivity index is 1.69. The molecule has 0 spiro atoms. The molecule has 3 rings (SSSR count). The van der Waals surface area contributed by atoms with E-state index in [2.05, 4.69) is 10.6 Å². The lowest BCUT2D eigenvalue weighted by molar-refractivity contribution is 0.0725. The van der Waals surface area contributed by atoms with Crippen molar-refractivity contribution in [3.05, 3.63) is 65.2 Å². The summed E-state index contributed by atoms with van der Waals surface area (Å²) in [6, 6.07) is 14.5. The van der Waals surface area contributed by atoms with Gasteiger partial charge in [0.15, 0.2) is 5.11 Å². The summed E-state index contributed by atoms with van der Waals surface area (Å²) in [5.41, 5.74) is 2.70. The van der Waals surface area contributed by atoms with Crippen molar-refractivity contribution in [1.82, 2.24) is 10.2 Å². The fourth-order valence-corrected chi connectivity index (χ4v) is 3.36. The van der Waals surface area contributed by atoms with E-state index < -0.39 is 0 Å². The van der Waals surface area contributed by atoms with Crippen LogP contribution in [0.25, 0.3) is 0 Å². The highest BCUT2D eigenvalue weighted by molar-refractivity contribution is 7.80. The van der Waals surface area contributed by atoms with Gasteiger partial charge in [-0.25, -0.2) is 0 Å². The third-order valence-electron chi connectivity index (χ3n) is 4.56. The first-order valence-electron chi connectivity index (χ1n) is 9.12. The minimum Gasteiger partial charge on any atom is -0.339 e. The number of piperidine rings is 1. The molecule has 5 nitrogen and oxygen atoms in total. The standard InChI is InChI=1S/C21H23N3O2S/c1-15-8-7-9-16(14-15)19(25)23-21(27)22-18-11-4-3-10-17(18)20(26)24-12-5-2-6-13-24/h3-4,7-11,14H,2,5-6,12-13H2,1H3,(H2,22,23,25,27). The molecule has 6 heteroatoms. The van der Waals surface area contributed by atoms with E-state index in [9.17, 15) is 9.59 Å². The predicted molar refractivity (Wildman–Crippen MR) is 111 cm³/mol. The van der Waals surface area contributed by atoms with E-state index in [4.69, 9.17) is 12.2 Å². The van der Waals surface area contributed by atoms with Gasteiger partial charge in [-0.3, -0.25) is 14.9 Å². The maximum atomic E-state index is 12.8. The number of rotatable bonds is 3. The van der Waals surface area contributed by atoms with Gasteiger partial charge in [-0.15, -0.1) is 0 Å². The zero-order valence-corrected chi connectivity index (χ0v) is 16.1. The van der Waals surface area contributed by atoms with Crippen molar-refractivity contribution in [3.8, 4) is 0 Å². The van der Waals surface area contributed by atoms with Crippen LogP contribution in [0.3, 0.4) is 0 Å². The van der Waals surface area contributed by atoms with Gasteiger partial charge in [0.25, 0.3) is 11.8 Å². The Morgan fingerprint density at radius 1 is 1.00 bits per heavy atom. The molecule has 0 radical (unpaired) electrons. The van der Waals surface area contributed by atoms with Gasteiger partial charge in [-0.05, 0) is 62.7 Å². The molecule has 0 bridgehead atoms. The summed E-state index contributed by atoms with van der Waals surface area (Å²) < 4.78 is 0. The summed E-state index contributed by atoms with van der Waals surface area (Å²) in [5.74, 6) is -0.290. The summed E-state index contributed by atoms with van der Waals surface area (Å²) in [6.07, 6.45) is 3.23. The Bertz CT molecular complexity index is 860. The molecule has 2 N–H and O–H groups in total. The first-order chi connectivity index (χ1) is 13.0. The maximum absolute atomic E-state index is 12.8. The van der Waals surface area contributed by atoms with Crippen LogP contribution in [0.1, 0.15) is 45.5 Å². The Hall–Kier alpha value is -2.73. The van der Waals surface area contributed by atoms with Crippen LogP contribution in [-0.2, 0) is 0 Å². The quantitative estimate of drug-likeness (QED) is 0.795. The van der Waals surface area contributed by atoms with Crippen LogP contribution >= 0.6 is 12.2 Å². The van der Waals surface area contributed by atoms with Crippen molar-refractivity contribution >= 4 is 34.8 Å². The molecular formula is C21H23N3O2S. The lowest BCUT2D eigenvalue weighted by Crippen LogP contribution is -2.37. The van der Waals surface area contributed by atoms with E-state index in [-0.39, 0.29) is 16.9 Å². The van der Waals surface area contributed by atoms with Gasteiger partial charge < -0.3 is 10.2 Å². The van der Waals surface area contributed by atoms with Gasteiger partial charge in [-0.1, -0.05) is 29.8 Å². The Morgan fingerprint density at radius 3 is 2.48 bits per heavy atom. The first kappa shape index (κ1) is 19.0. The minimum absolute atomic E-state index is 0.00869. The number of nitrogens with one attached hydrogen (secondary N) is 2. The number of carbonyl (C=O) groups is 2. The van der Waals surface area contributed by atoms with Crippen molar-refractivity contribution in [3.63, 3.8) is 0 Å². The van der Waals surface area contributed by atoms with Crippen LogP contribution in [-0.4, -0.2) is 34.9 Å². The van der Waals surface area contributed by atoms with E-state index in [1.54, 1.807) is 24.3 Å². The lowest BCUT2D eigenvalue weighted by atomic mass is 10.1. The molecule has 140 valence electrons. The molecule has 0 atom stereocenters. The van der Waals surface area contributed by atoms with Crippen LogP contribution in [0.2, 0.25) is 0 Å². The molecule has 2 aromatic carbocycles. The van der Waals surface area contributed by atoms with Crippen LogP contribution in [0.5, 0.6) is 0 Å². The van der Waals surface area contributed by atoms with E-state index in [1.807, 2.05) is 36.1 Å². The lowest BCUT2D eigenvalue weighted by Gasteiger charge is -2.27. The van der Waals surface area contributed by atoms with Gasteiger partial charge >= 0.3 is 0 Å². The summed E-state index contributed by atoms with van der Waals surface area (Å²) in [5, 5.41) is 5.84. The number of likely N-dealkylation sites (tertiary alicyclic amines) is 1. The second-order valence-electron chi connectivity index (χ2n) is 6.68. The normalized spacial score (nSPS) is 13.7. The van der Waals surface area contributed by atoms with Crippen LogP contribution in [0.4, 0.5) is 5.69 Å². The summed E-state index contributed by atoms with van der Waals surface area (Å²) >= 11 is 5.28. The van der Waals surface area contributed by atoms with E-state index in [0.29, 0.717) is 16.8 Å². The average molecular weight is 382 g/mol. The van der Waals surface area contributed by atoms with Gasteiger partial charge in [0.05, 0.1) is 11.3 Å². The van der Waals surface area contributed by atoms with Crippen LogP contribution < -0.4 is 10.6 Å². The number of hydrogen-bond acceptors (Lipinski definition) is 3. The molecule has 2 amide bonds. The predicted octanol–water partition coefficient (Wildman–Crippen LogP) is 3.75. The number of para-hydroxylation sites is 1.